The topological polar surface area (TPSA) is 22.1 Å². The highest BCUT2D eigenvalue weighted by molar-refractivity contribution is 7.09. The van der Waals surface area contributed by atoms with E-state index in [1.165, 1.54) is 11.5 Å². The van der Waals surface area contributed by atoms with Crippen molar-refractivity contribution in [2.75, 3.05) is 7.11 Å². The standard InChI is InChI=1S/C10H8NOS/c1-12-9-7-11-13-10(9)8-5-3-2-4-6-8/h2-6H,1H3. The van der Waals surface area contributed by atoms with Crippen LogP contribution < -0.4 is 4.74 Å². The summed E-state index contributed by atoms with van der Waals surface area (Å²) in [6.45, 7) is 0. The smallest absolute Gasteiger partial charge is 0.167 e. The molecular formula is C10H8NOS. The minimum absolute atomic E-state index is 0.719. The van der Waals surface area contributed by atoms with Crippen LogP contribution in [0, 0.1) is 6.20 Å². The summed E-state index contributed by atoms with van der Waals surface area (Å²) in [6, 6.07) is 10.0. The van der Waals surface area contributed by atoms with Gasteiger partial charge in [-0.1, -0.05) is 30.3 Å². The maximum absolute atomic E-state index is 5.13. The van der Waals surface area contributed by atoms with Gasteiger partial charge in [0.25, 0.3) is 0 Å². The second kappa shape index (κ2) is 3.58. The van der Waals surface area contributed by atoms with E-state index in [2.05, 4.69) is 10.6 Å². The molecule has 65 valence electrons. The zero-order valence-corrected chi connectivity index (χ0v) is 7.97. The first-order valence-electron chi connectivity index (χ1n) is 3.88. The van der Waals surface area contributed by atoms with E-state index in [4.69, 9.17) is 4.74 Å². The van der Waals surface area contributed by atoms with E-state index in [0.29, 0.717) is 0 Å². The number of benzene rings is 1. The van der Waals surface area contributed by atoms with Crippen LogP contribution >= 0.6 is 11.5 Å². The third-order valence-corrected chi connectivity index (χ3v) is 2.52. The fraction of sp³-hybridized carbons (Fsp3) is 0.100. The van der Waals surface area contributed by atoms with Crippen LogP contribution in [0.25, 0.3) is 10.4 Å². The number of ether oxygens (including phenoxy) is 1. The molecule has 0 amide bonds. The van der Waals surface area contributed by atoms with Crippen LogP contribution in [0.2, 0.25) is 0 Å². The first-order chi connectivity index (χ1) is 6.42. The van der Waals surface area contributed by atoms with Gasteiger partial charge in [-0.15, -0.1) is 0 Å². The van der Waals surface area contributed by atoms with Crippen molar-refractivity contribution in [3.8, 4) is 16.2 Å². The molecule has 0 fully saturated rings. The maximum atomic E-state index is 5.13. The second-order valence-corrected chi connectivity index (χ2v) is 3.30. The highest BCUT2D eigenvalue weighted by Gasteiger charge is 2.07. The van der Waals surface area contributed by atoms with Crippen molar-refractivity contribution in [3.05, 3.63) is 36.5 Å². The Balaban J connectivity index is 2.47. The largest absolute Gasteiger partial charge is 0.493 e. The van der Waals surface area contributed by atoms with E-state index in [0.717, 1.165) is 16.2 Å². The Bertz CT molecular complexity index is 383. The van der Waals surface area contributed by atoms with Crippen LogP contribution in [0.4, 0.5) is 0 Å². The summed E-state index contributed by atoms with van der Waals surface area (Å²) in [6.07, 6.45) is 2.80. The molecular weight excluding hydrogens is 182 g/mol. The van der Waals surface area contributed by atoms with Crippen LogP contribution in [0.1, 0.15) is 0 Å². The minimum Gasteiger partial charge on any atom is -0.493 e. The summed E-state index contributed by atoms with van der Waals surface area (Å²) in [5, 5.41) is 0. The quantitative estimate of drug-likeness (QED) is 0.726. The fourth-order valence-corrected chi connectivity index (χ4v) is 1.79. The first kappa shape index (κ1) is 8.26. The van der Waals surface area contributed by atoms with Gasteiger partial charge in [-0.05, 0) is 17.1 Å². The van der Waals surface area contributed by atoms with Crippen molar-refractivity contribution in [1.29, 1.82) is 0 Å². The molecule has 1 heterocycles. The zero-order valence-electron chi connectivity index (χ0n) is 7.15. The number of hydrogen-bond donors (Lipinski definition) is 0. The molecule has 0 spiro atoms. The number of rotatable bonds is 2. The van der Waals surface area contributed by atoms with Gasteiger partial charge in [0.05, 0.1) is 12.0 Å². The summed E-state index contributed by atoms with van der Waals surface area (Å²) in [4.78, 5) is 1.03. The highest BCUT2D eigenvalue weighted by Crippen LogP contribution is 2.32. The zero-order chi connectivity index (χ0) is 9.10. The van der Waals surface area contributed by atoms with Crippen LogP contribution in [0.15, 0.2) is 30.3 Å². The highest BCUT2D eigenvalue weighted by atomic mass is 32.1. The molecule has 0 bridgehead atoms. The van der Waals surface area contributed by atoms with Gasteiger partial charge in [-0.2, -0.15) is 4.37 Å². The van der Waals surface area contributed by atoms with Crippen LogP contribution in [-0.4, -0.2) is 11.5 Å². The fourth-order valence-electron chi connectivity index (χ4n) is 1.11. The summed E-state index contributed by atoms with van der Waals surface area (Å²) in [5.41, 5.74) is 1.12. The van der Waals surface area contributed by atoms with Gasteiger partial charge in [0.15, 0.2) is 5.75 Å². The van der Waals surface area contributed by atoms with E-state index in [1.807, 2.05) is 30.3 Å². The predicted octanol–water partition coefficient (Wildman–Crippen LogP) is 2.62. The average Bonchev–Trinajstić information content (AvgIpc) is 2.67. The SMILES string of the molecule is COc1[c]nsc1-c1ccccc1. The van der Waals surface area contributed by atoms with Crippen molar-refractivity contribution in [1.82, 2.24) is 4.37 Å². The Morgan fingerprint density at radius 2 is 2.08 bits per heavy atom. The maximum Gasteiger partial charge on any atom is 0.167 e. The lowest BCUT2D eigenvalue weighted by molar-refractivity contribution is 0.416. The third kappa shape index (κ3) is 1.55. The molecule has 1 aromatic heterocycles. The van der Waals surface area contributed by atoms with E-state index in [9.17, 15) is 0 Å². The summed E-state index contributed by atoms with van der Waals surface area (Å²) >= 11 is 1.40. The van der Waals surface area contributed by atoms with Gasteiger partial charge in [0, 0.05) is 0 Å². The summed E-state index contributed by atoms with van der Waals surface area (Å²) in [7, 11) is 1.63. The second-order valence-electron chi connectivity index (χ2n) is 2.52. The molecule has 0 atom stereocenters. The Morgan fingerprint density at radius 1 is 1.31 bits per heavy atom. The molecule has 2 aromatic rings. The molecule has 2 nitrogen and oxygen atoms in total. The molecule has 13 heavy (non-hydrogen) atoms. The van der Waals surface area contributed by atoms with E-state index < -0.39 is 0 Å². The lowest BCUT2D eigenvalue weighted by Crippen LogP contribution is -1.81. The first-order valence-corrected chi connectivity index (χ1v) is 4.66. The van der Waals surface area contributed by atoms with Crippen LogP contribution in [0.3, 0.4) is 0 Å². The summed E-state index contributed by atoms with van der Waals surface area (Å²) < 4.78 is 9.09. The van der Waals surface area contributed by atoms with Gasteiger partial charge >= 0.3 is 0 Å². The normalized spacial score (nSPS) is 9.92. The monoisotopic (exact) mass is 190 g/mol. The molecule has 1 radical (unpaired) electrons. The van der Waals surface area contributed by atoms with Gasteiger partial charge in [-0.3, -0.25) is 0 Å². The van der Waals surface area contributed by atoms with Crippen molar-refractivity contribution in [2.24, 2.45) is 0 Å². The van der Waals surface area contributed by atoms with Crippen molar-refractivity contribution in [3.63, 3.8) is 0 Å². The third-order valence-electron chi connectivity index (χ3n) is 1.73. The van der Waals surface area contributed by atoms with E-state index >= 15 is 0 Å². The molecule has 0 aliphatic heterocycles. The van der Waals surface area contributed by atoms with Gasteiger partial charge in [0.2, 0.25) is 0 Å². The number of nitrogens with zero attached hydrogens (tertiary/aromatic N) is 1. The molecule has 1 aromatic carbocycles. The number of aromatic nitrogens is 1. The van der Waals surface area contributed by atoms with Gasteiger partial charge in [0.1, 0.15) is 6.20 Å². The predicted molar refractivity (Wildman–Crippen MR) is 52.9 cm³/mol. The minimum atomic E-state index is 0.719. The molecule has 0 saturated heterocycles. The molecule has 0 N–H and O–H groups in total. The van der Waals surface area contributed by atoms with Crippen LogP contribution in [-0.2, 0) is 0 Å². The Morgan fingerprint density at radius 3 is 2.77 bits per heavy atom. The molecule has 0 aliphatic rings. The Kier molecular flexibility index (Phi) is 2.27. The van der Waals surface area contributed by atoms with Crippen molar-refractivity contribution in [2.45, 2.75) is 0 Å². The van der Waals surface area contributed by atoms with Crippen LogP contribution in [0.5, 0.6) is 5.75 Å². The molecule has 0 aliphatic carbocycles. The Labute approximate surface area is 81.0 Å². The number of hydrogen-bond acceptors (Lipinski definition) is 3. The molecule has 2 rings (SSSR count). The molecule has 0 saturated carbocycles. The van der Waals surface area contributed by atoms with Gasteiger partial charge < -0.3 is 4.74 Å². The average molecular weight is 190 g/mol. The van der Waals surface area contributed by atoms with Crippen molar-refractivity contribution >= 4 is 11.5 Å². The lowest BCUT2D eigenvalue weighted by Gasteiger charge is -1.99. The lowest BCUT2D eigenvalue weighted by atomic mass is 10.2. The summed E-state index contributed by atoms with van der Waals surface area (Å²) in [5.74, 6) is 0.719. The van der Waals surface area contributed by atoms with E-state index in [-0.39, 0.29) is 0 Å². The van der Waals surface area contributed by atoms with Gasteiger partial charge in [-0.25, -0.2) is 0 Å². The molecule has 3 heteroatoms. The van der Waals surface area contributed by atoms with Crippen molar-refractivity contribution < 1.29 is 4.74 Å². The number of methoxy groups -OCH3 is 1. The molecule has 0 unspecified atom stereocenters. The Hall–Kier alpha value is -1.35. The van der Waals surface area contributed by atoms with E-state index in [1.54, 1.807) is 7.11 Å².